The topological polar surface area (TPSA) is 72.8 Å². The van der Waals surface area contributed by atoms with Crippen molar-refractivity contribution in [2.45, 2.75) is 85.0 Å². The summed E-state index contributed by atoms with van der Waals surface area (Å²) in [6, 6.07) is 1.79. The first-order valence-corrected chi connectivity index (χ1v) is 14.5. The average Bonchev–Trinajstić information content (AvgIpc) is 2.84. The lowest BCUT2D eigenvalue weighted by molar-refractivity contribution is -0.158. The molecule has 4 aliphatic rings. The van der Waals surface area contributed by atoms with Gasteiger partial charge in [0, 0.05) is 17.2 Å². The van der Waals surface area contributed by atoms with Gasteiger partial charge < -0.3 is 20.4 Å². The number of carbonyl (C=O) groups excluding carboxylic acids is 1. The molecule has 0 aliphatic heterocycles. The highest BCUT2D eigenvalue weighted by Gasteiger charge is 2.66. The van der Waals surface area contributed by atoms with Crippen LogP contribution in [-0.2, 0) is 10.2 Å². The van der Waals surface area contributed by atoms with E-state index in [0.29, 0.717) is 23.1 Å². The number of allylic oxidation sites excluding steroid dienone is 2. The Kier molecular flexibility index (Phi) is 6.19. The molecule has 1 aromatic rings. The molecule has 0 unspecified atom stereocenters. The summed E-state index contributed by atoms with van der Waals surface area (Å²) in [7, 11) is 3.87. The Hall–Kier alpha value is -2.27. The van der Waals surface area contributed by atoms with Crippen molar-refractivity contribution in [3.05, 3.63) is 33.7 Å². The number of aromatic hydroxyl groups is 2. The molecule has 5 rings (SSSR count). The van der Waals surface area contributed by atoms with E-state index in [0.717, 1.165) is 43.0 Å². The van der Waals surface area contributed by atoms with E-state index < -0.39 is 0 Å². The summed E-state index contributed by atoms with van der Waals surface area (Å²) >= 11 is 0. The van der Waals surface area contributed by atoms with Crippen molar-refractivity contribution in [2.24, 2.45) is 27.6 Å². The number of phenols is 2. The molecule has 1 aromatic carbocycles. The molecule has 0 aromatic heterocycles. The number of nitrogens with one attached hydrogen (secondary N) is 1. The summed E-state index contributed by atoms with van der Waals surface area (Å²) in [6.45, 7) is 17.6. The SMILES string of the molecule is C=c1c(O)c(O)cc2c1=CC=C1[C@@]2(C)CC[C@@]2(C)[C@@H]3C[C@](C)(CNC(=O)CN(C)C)CC[C@]3(C)CC[C@]12C. The summed E-state index contributed by atoms with van der Waals surface area (Å²) in [4.78, 5) is 14.4. The molecule has 0 radical (unpaired) electrons. The molecule has 0 bridgehead atoms. The molecule has 208 valence electrons. The second-order valence-electron chi connectivity index (χ2n) is 14.7. The van der Waals surface area contributed by atoms with Crippen LogP contribution < -0.4 is 15.8 Å². The summed E-state index contributed by atoms with van der Waals surface area (Å²) in [6.07, 6.45) is 12.5. The monoisotopic (exact) mass is 520 g/mol. The number of carbonyl (C=O) groups is 1. The number of rotatable bonds is 4. The first-order chi connectivity index (χ1) is 17.6. The van der Waals surface area contributed by atoms with E-state index in [2.05, 4.69) is 58.7 Å². The van der Waals surface area contributed by atoms with E-state index in [-0.39, 0.29) is 39.1 Å². The number of fused-ring (bicyclic) bond motifs is 7. The van der Waals surface area contributed by atoms with E-state index in [9.17, 15) is 15.0 Å². The molecular weight excluding hydrogens is 472 g/mol. The number of nitrogens with zero attached hydrogens (tertiary/aromatic N) is 1. The van der Waals surface area contributed by atoms with Gasteiger partial charge in [0.15, 0.2) is 11.5 Å². The van der Waals surface area contributed by atoms with Crippen molar-refractivity contribution in [1.82, 2.24) is 10.2 Å². The highest BCUT2D eigenvalue weighted by molar-refractivity contribution is 5.78. The predicted molar refractivity (Wildman–Crippen MR) is 154 cm³/mol. The first-order valence-electron chi connectivity index (χ1n) is 14.5. The molecule has 4 aliphatic carbocycles. The lowest BCUT2D eigenvalue weighted by Crippen LogP contribution is -2.63. The second-order valence-corrected chi connectivity index (χ2v) is 14.7. The molecule has 0 spiro atoms. The summed E-state index contributed by atoms with van der Waals surface area (Å²) in [5.74, 6) is 0.499. The van der Waals surface area contributed by atoms with Gasteiger partial charge in [0.1, 0.15) is 0 Å². The number of amides is 1. The molecule has 3 N–H and O–H groups in total. The fourth-order valence-electron chi connectivity index (χ4n) is 9.25. The standard InChI is InChI=1S/C33H48N2O3/c1-21-22-9-10-25-31(4,23(22)17-24(36)28(21)38)14-16-33(6)26-18-29(2,20-34-27(37)19-35(7)8)11-12-30(26,3)13-15-32(25,33)5/h9-10,17,26,36,38H,1,11-16,18-20H2,2-8H3,(H,34,37)/t26-,29-,30-,31+,32-,33+/m1/s1. The maximum atomic E-state index is 12.5. The summed E-state index contributed by atoms with van der Waals surface area (Å²) in [5, 5.41) is 25.6. The Balaban J connectivity index is 1.52. The Morgan fingerprint density at radius 1 is 1.03 bits per heavy atom. The van der Waals surface area contributed by atoms with Gasteiger partial charge in [-0.2, -0.15) is 0 Å². The number of benzene rings is 1. The average molecular weight is 521 g/mol. The quantitative estimate of drug-likeness (QED) is 0.509. The Morgan fingerprint density at radius 2 is 1.71 bits per heavy atom. The van der Waals surface area contributed by atoms with Gasteiger partial charge in [-0.05, 0) is 103 Å². The van der Waals surface area contributed by atoms with Gasteiger partial charge in [0.2, 0.25) is 5.91 Å². The molecule has 3 saturated carbocycles. The molecular formula is C33H48N2O3. The maximum Gasteiger partial charge on any atom is 0.234 e. The van der Waals surface area contributed by atoms with Crippen LogP contribution in [0.4, 0.5) is 0 Å². The number of likely N-dealkylation sites (N-methyl/N-ethyl adjacent to an activating group) is 1. The molecule has 5 nitrogen and oxygen atoms in total. The number of hydrogen-bond acceptors (Lipinski definition) is 4. The minimum atomic E-state index is -0.193. The van der Waals surface area contributed by atoms with E-state index >= 15 is 0 Å². The normalized spacial score (nSPS) is 39.7. The van der Waals surface area contributed by atoms with Crippen molar-refractivity contribution in [3.63, 3.8) is 0 Å². The second kappa shape index (κ2) is 8.61. The lowest BCUT2D eigenvalue weighted by Gasteiger charge is -2.70. The van der Waals surface area contributed by atoms with Crippen LogP contribution in [0.3, 0.4) is 0 Å². The van der Waals surface area contributed by atoms with Crippen LogP contribution in [-0.4, -0.2) is 48.2 Å². The van der Waals surface area contributed by atoms with Crippen molar-refractivity contribution in [1.29, 1.82) is 0 Å². The molecule has 0 saturated heterocycles. The molecule has 6 atom stereocenters. The van der Waals surface area contributed by atoms with Crippen LogP contribution in [0.5, 0.6) is 11.5 Å². The van der Waals surface area contributed by atoms with E-state index in [4.69, 9.17) is 0 Å². The van der Waals surface area contributed by atoms with Crippen LogP contribution >= 0.6 is 0 Å². The summed E-state index contributed by atoms with van der Waals surface area (Å²) in [5.41, 5.74) is 2.96. The zero-order chi connectivity index (χ0) is 27.9. The van der Waals surface area contributed by atoms with Crippen molar-refractivity contribution in [2.75, 3.05) is 27.2 Å². The zero-order valence-electron chi connectivity index (χ0n) is 24.6. The van der Waals surface area contributed by atoms with Crippen LogP contribution in [0.25, 0.3) is 12.7 Å². The van der Waals surface area contributed by atoms with E-state index in [1.54, 1.807) is 6.07 Å². The number of hydrogen-bond donors (Lipinski definition) is 3. The largest absolute Gasteiger partial charge is 0.504 e. The van der Waals surface area contributed by atoms with Gasteiger partial charge in [0.25, 0.3) is 0 Å². The van der Waals surface area contributed by atoms with Crippen LogP contribution in [0.2, 0.25) is 0 Å². The van der Waals surface area contributed by atoms with E-state index in [1.165, 1.54) is 24.8 Å². The molecule has 38 heavy (non-hydrogen) atoms. The lowest BCUT2D eigenvalue weighted by atomic mass is 9.35. The molecule has 3 fully saturated rings. The van der Waals surface area contributed by atoms with Gasteiger partial charge in [-0.15, -0.1) is 0 Å². The fourth-order valence-corrected chi connectivity index (χ4v) is 9.25. The van der Waals surface area contributed by atoms with Crippen molar-refractivity contribution >= 4 is 18.6 Å². The minimum absolute atomic E-state index is 0.0274. The Morgan fingerprint density at radius 3 is 2.39 bits per heavy atom. The van der Waals surface area contributed by atoms with Gasteiger partial charge >= 0.3 is 0 Å². The van der Waals surface area contributed by atoms with Crippen molar-refractivity contribution < 1.29 is 15.0 Å². The summed E-state index contributed by atoms with van der Waals surface area (Å²) < 4.78 is 0. The minimum Gasteiger partial charge on any atom is -0.504 e. The van der Waals surface area contributed by atoms with Gasteiger partial charge in [-0.1, -0.05) is 58.9 Å². The predicted octanol–water partition coefficient (Wildman–Crippen LogP) is 4.58. The van der Waals surface area contributed by atoms with Crippen LogP contribution in [0.15, 0.2) is 17.7 Å². The van der Waals surface area contributed by atoms with Crippen molar-refractivity contribution in [3.8, 4) is 11.5 Å². The highest BCUT2D eigenvalue weighted by atomic mass is 16.3. The fraction of sp³-hybridized carbons (Fsp3) is 0.667. The smallest absolute Gasteiger partial charge is 0.234 e. The van der Waals surface area contributed by atoms with Gasteiger partial charge in [-0.3, -0.25) is 4.79 Å². The highest BCUT2D eigenvalue weighted by Crippen LogP contribution is 2.74. The molecule has 5 heteroatoms. The third kappa shape index (κ3) is 3.78. The molecule has 0 heterocycles. The first kappa shape index (κ1) is 27.3. The Labute approximate surface area is 228 Å². The third-order valence-corrected chi connectivity index (χ3v) is 12.0. The number of phenolic OH excluding ortho intramolecular Hbond substituents is 2. The van der Waals surface area contributed by atoms with Crippen LogP contribution in [0, 0.1) is 27.6 Å². The van der Waals surface area contributed by atoms with Gasteiger partial charge in [-0.25, -0.2) is 0 Å². The van der Waals surface area contributed by atoms with Gasteiger partial charge in [0.05, 0.1) is 6.54 Å². The zero-order valence-corrected chi connectivity index (χ0v) is 24.6. The third-order valence-electron chi connectivity index (χ3n) is 12.0. The van der Waals surface area contributed by atoms with Crippen LogP contribution in [0.1, 0.15) is 85.1 Å². The molecule has 1 amide bonds. The Bertz CT molecular complexity index is 1320. The van der Waals surface area contributed by atoms with E-state index in [1.807, 2.05) is 19.0 Å². The maximum absolute atomic E-state index is 12.5.